The van der Waals surface area contributed by atoms with Gasteiger partial charge in [0.1, 0.15) is 13.2 Å². The first-order chi connectivity index (χ1) is 40.0. The molecule has 0 bridgehead atoms. The topological polar surface area (TPSA) is 78.9 Å². The van der Waals surface area contributed by atoms with Crippen LogP contribution in [-0.4, -0.2) is 37.2 Å². The fourth-order valence-corrected chi connectivity index (χ4v) is 9.67. The van der Waals surface area contributed by atoms with Crippen molar-refractivity contribution in [2.45, 2.75) is 335 Å². The van der Waals surface area contributed by atoms with Gasteiger partial charge in [0.15, 0.2) is 6.10 Å². The van der Waals surface area contributed by atoms with Crippen molar-refractivity contribution in [3.63, 3.8) is 0 Å². The number of ether oxygens (including phenoxy) is 3. The van der Waals surface area contributed by atoms with Gasteiger partial charge in [-0.3, -0.25) is 14.4 Å². The van der Waals surface area contributed by atoms with Crippen LogP contribution in [0.4, 0.5) is 0 Å². The Hall–Kier alpha value is -3.93. The smallest absolute Gasteiger partial charge is 0.306 e. The summed E-state index contributed by atoms with van der Waals surface area (Å²) in [7, 11) is 0. The number of hydrogen-bond donors (Lipinski definition) is 0. The molecule has 1 atom stereocenters. The first-order valence-electron chi connectivity index (χ1n) is 34.4. The maximum Gasteiger partial charge on any atom is 0.306 e. The third kappa shape index (κ3) is 66.8. The van der Waals surface area contributed by atoms with Gasteiger partial charge in [-0.25, -0.2) is 0 Å². The zero-order valence-electron chi connectivity index (χ0n) is 53.3. The maximum absolute atomic E-state index is 12.9. The lowest BCUT2D eigenvalue weighted by molar-refractivity contribution is -0.167. The van der Waals surface area contributed by atoms with Crippen LogP contribution in [0.3, 0.4) is 0 Å². The van der Waals surface area contributed by atoms with Gasteiger partial charge in [0.25, 0.3) is 0 Å². The van der Waals surface area contributed by atoms with Gasteiger partial charge >= 0.3 is 17.9 Å². The molecule has 0 saturated heterocycles. The fourth-order valence-electron chi connectivity index (χ4n) is 9.67. The number of allylic oxidation sites excluding steroid dienone is 18. The molecule has 0 aromatic heterocycles. The van der Waals surface area contributed by atoms with Gasteiger partial charge in [-0.1, -0.05) is 329 Å². The van der Waals surface area contributed by atoms with Crippen molar-refractivity contribution in [1.82, 2.24) is 0 Å². The van der Waals surface area contributed by atoms with Crippen molar-refractivity contribution in [3.8, 4) is 0 Å². The fraction of sp³-hybridized carbons (Fsp3) is 0.720. The molecular formula is C75H128O6. The first kappa shape index (κ1) is 77.1. The van der Waals surface area contributed by atoms with Gasteiger partial charge in [-0.2, -0.15) is 0 Å². The van der Waals surface area contributed by atoms with E-state index in [1.165, 1.54) is 154 Å². The summed E-state index contributed by atoms with van der Waals surface area (Å²) < 4.78 is 16.9. The standard InChI is InChI=1S/C75H128O6/c1-4-7-10-13-16-19-22-25-27-29-30-31-32-33-34-35-36-37-38-39-40-41-42-43-44-46-47-50-53-56-59-62-65-68-74(77)80-71-72(70-79-73(76)67-64-61-58-55-52-49-24-21-18-15-12-9-6-3)81-75(78)69-66-63-60-57-54-51-48-45-28-26-23-20-17-14-11-8-5-2/h7,10,16,19,25,27,30-31,33-34,36-37,39-40,42-43,46-47,72H,4-6,8-9,11-15,17-18,20-24,26,28-29,32,35,38,41,44-45,48-71H2,1-3H3/b10-7-,19-16-,27-25-,31-30-,34-33-,37-36-,40-39-,43-42-,47-46-. The van der Waals surface area contributed by atoms with Gasteiger partial charge in [0.05, 0.1) is 0 Å². The number of unbranched alkanes of at least 4 members (excludes halogenated alkanes) is 33. The van der Waals surface area contributed by atoms with Crippen molar-refractivity contribution in [2.75, 3.05) is 13.2 Å². The molecule has 0 radical (unpaired) electrons. The highest BCUT2D eigenvalue weighted by Gasteiger charge is 2.19. The average molecular weight is 1130 g/mol. The number of carbonyl (C=O) groups is 3. The highest BCUT2D eigenvalue weighted by molar-refractivity contribution is 5.71. The minimum atomic E-state index is -0.784. The Labute approximate surface area is 501 Å². The predicted molar refractivity (Wildman–Crippen MR) is 353 cm³/mol. The van der Waals surface area contributed by atoms with E-state index in [9.17, 15) is 14.4 Å². The quantitative estimate of drug-likeness (QED) is 0.0261. The summed E-state index contributed by atoms with van der Waals surface area (Å²) >= 11 is 0. The van der Waals surface area contributed by atoms with Crippen molar-refractivity contribution < 1.29 is 28.6 Å². The molecule has 0 heterocycles. The molecule has 0 amide bonds. The Morgan fingerprint density at radius 1 is 0.259 bits per heavy atom. The van der Waals surface area contributed by atoms with E-state index in [1.807, 2.05) is 0 Å². The lowest BCUT2D eigenvalue weighted by atomic mass is 10.0. The molecule has 81 heavy (non-hydrogen) atoms. The van der Waals surface area contributed by atoms with Gasteiger partial charge in [-0.15, -0.1) is 0 Å². The van der Waals surface area contributed by atoms with Crippen LogP contribution in [-0.2, 0) is 28.6 Å². The molecule has 464 valence electrons. The van der Waals surface area contributed by atoms with E-state index >= 15 is 0 Å². The Morgan fingerprint density at radius 2 is 0.481 bits per heavy atom. The van der Waals surface area contributed by atoms with Crippen LogP contribution in [0.1, 0.15) is 329 Å². The number of esters is 3. The normalized spacial score (nSPS) is 12.8. The molecule has 0 fully saturated rings. The zero-order valence-corrected chi connectivity index (χ0v) is 53.3. The monoisotopic (exact) mass is 1120 g/mol. The molecule has 0 spiro atoms. The van der Waals surface area contributed by atoms with E-state index in [2.05, 4.69) is 130 Å². The summed E-state index contributed by atoms with van der Waals surface area (Å²) in [5.74, 6) is -0.885. The van der Waals surface area contributed by atoms with Gasteiger partial charge in [0.2, 0.25) is 0 Å². The molecule has 0 aromatic carbocycles. The Bertz CT molecular complexity index is 1620. The lowest BCUT2D eigenvalue weighted by Gasteiger charge is -2.18. The van der Waals surface area contributed by atoms with Crippen molar-refractivity contribution in [1.29, 1.82) is 0 Å². The average Bonchev–Trinajstić information content (AvgIpc) is 3.46. The van der Waals surface area contributed by atoms with Crippen LogP contribution in [0.15, 0.2) is 109 Å². The van der Waals surface area contributed by atoms with E-state index in [4.69, 9.17) is 14.2 Å². The van der Waals surface area contributed by atoms with Crippen LogP contribution < -0.4 is 0 Å². The summed E-state index contributed by atoms with van der Waals surface area (Å²) in [4.78, 5) is 38.3. The van der Waals surface area contributed by atoms with Crippen LogP contribution in [0.5, 0.6) is 0 Å². The molecule has 0 aliphatic carbocycles. The van der Waals surface area contributed by atoms with Crippen molar-refractivity contribution in [2.24, 2.45) is 0 Å². The third-order valence-corrected chi connectivity index (χ3v) is 14.8. The van der Waals surface area contributed by atoms with E-state index in [-0.39, 0.29) is 31.1 Å². The molecule has 6 nitrogen and oxygen atoms in total. The van der Waals surface area contributed by atoms with E-state index in [0.717, 1.165) is 135 Å². The second-order valence-electron chi connectivity index (χ2n) is 22.7. The van der Waals surface area contributed by atoms with Crippen LogP contribution in [0.25, 0.3) is 0 Å². The second-order valence-corrected chi connectivity index (χ2v) is 22.7. The Morgan fingerprint density at radius 3 is 0.753 bits per heavy atom. The number of rotatable bonds is 62. The number of hydrogen-bond acceptors (Lipinski definition) is 6. The summed E-state index contributed by atoms with van der Waals surface area (Å²) in [6, 6.07) is 0. The van der Waals surface area contributed by atoms with Crippen LogP contribution in [0.2, 0.25) is 0 Å². The lowest BCUT2D eigenvalue weighted by Crippen LogP contribution is -2.30. The summed E-state index contributed by atoms with van der Waals surface area (Å²) in [6.07, 6.45) is 93.9. The molecule has 0 aliphatic rings. The van der Waals surface area contributed by atoms with E-state index in [1.54, 1.807) is 0 Å². The van der Waals surface area contributed by atoms with Crippen LogP contribution >= 0.6 is 0 Å². The van der Waals surface area contributed by atoms with E-state index < -0.39 is 6.10 Å². The maximum atomic E-state index is 12.9. The molecular weight excluding hydrogens is 997 g/mol. The van der Waals surface area contributed by atoms with Gasteiger partial charge in [0, 0.05) is 19.3 Å². The third-order valence-electron chi connectivity index (χ3n) is 14.8. The van der Waals surface area contributed by atoms with Crippen molar-refractivity contribution >= 4 is 17.9 Å². The molecule has 0 N–H and O–H groups in total. The largest absolute Gasteiger partial charge is 0.462 e. The minimum Gasteiger partial charge on any atom is -0.462 e. The molecule has 0 aromatic rings. The first-order valence-corrected chi connectivity index (χ1v) is 34.4. The Balaban J connectivity index is 4.30. The number of carbonyl (C=O) groups excluding carboxylic acids is 3. The molecule has 0 saturated carbocycles. The molecule has 1 unspecified atom stereocenters. The van der Waals surface area contributed by atoms with Crippen LogP contribution in [0, 0.1) is 0 Å². The SMILES string of the molecule is CC/C=C\C/C=C\C/C=C\C/C=C\C/C=C\C/C=C\C/C=C\C/C=C\C/C=C\CCCCCCCC(=O)OCC(COC(=O)CCCCCCCCCCCCCCC)OC(=O)CCCCCCCCCCCCCCCCCCC. The van der Waals surface area contributed by atoms with Gasteiger partial charge in [-0.05, 0) is 89.9 Å². The molecule has 0 rings (SSSR count). The second kappa shape index (κ2) is 68.6. The zero-order chi connectivity index (χ0) is 58.5. The van der Waals surface area contributed by atoms with E-state index in [0.29, 0.717) is 19.3 Å². The molecule has 6 heteroatoms. The predicted octanol–water partition coefficient (Wildman–Crippen LogP) is 23.8. The van der Waals surface area contributed by atoms with Crippen molar-refractivity contribution in [3.05, 3.63) is 109 Å². The Kier molecular flexibility index (Phi) is 65.2. The highest BCUT2D eigenvalue weighted by atomic mass is 16.6. The summed E-state index contributed by atoms with van der Waals surface area (Å²) in [5.41, 5.74) is 0. The highest BCUT2D eigenvalue weighted by Crippen LogP contribution is 2.17. The van der Waals surface area contributed by atoms with Gasteiger partial charge < -0.3 is 14.2 Å². The summed E-state index contributed by atoms with van der Waals surface area (Å²) in [5, 5.41) is 0. The summed E-state index contributed by atoms with van der Waals surface area (Å²) in [6.45, 7) is 6.55. The molecule has 0 aliphatic heterocycles. The minimum absolute atomic E-state index is 0.0796.